The van der Waals surface area contributed by atoms with Crippen molar-refractivity contribution in [2.45, 2.75) is 17.7 Å². The van der Waals surface area contributed by atoms with Crippen molar-refractivity contribution in [1.29, 1.82) is 0 Å². The molecule has 9 nitrogen and oxygen atoms in total. The smallest absolute Gasteiger partial charge is 0.280 e. The third-order valence-electron chi connectivity index (χ3n) is 6.20. The zero-order valence-electron chi connectivity index (χ0n) is 20.9. The second-order valence-electron chi connectivity index (χ2n) is 8.60. The molecule has 1 amide bonds. The van der Waals surface area contributed by atoms with Crippen molar-refractivity contribution in [2.24, 2.45) is 5.10 Å². The van der Waals surface area contributed by atoms with Crippen molar-refractivity contribution in [3.63, 3.8) is 0 Å². The van der Waals surface area contributed by atoms with E-state index in [1.807, 2.05) is 24.3 Å². The number of hydrogen-bond donors (Lipinski definition) is 0. The number of carbonyl (C=O) groups excluding carboxylic acids is 1. The molecule has 0 bridgehead atoms. The summed E-state index contributed by atoms with van der Waals surface area (Å²) in [6.45, 7) is 1.03. The number of benzene rings is 3. The first kappa shape index (κ1) is 25.8. The zero-order chi connectivity index (χ0) is 26.7. The van der Waals surface area contributed by atoms with E-state index in [-0.39, 0.29) is 10.5 Å². The topological polar surface area (TPSA) is 101 Å². The van der Waals surface area contributed by atoms with Crippen molar-refractivity contribution in [3.05, 3.63) is 77.9 Å². The van der Waals surface area contributed by atoms with Crippen LogP contribution >= 0.6 is 11.3 Å². The van der Waals surface area contributed by atoms with Gasteiger partial charge < -0.3 is 9.47 Å². The summed E-state index contributed by atoms with van der Waals surface area (Å²) in [6, 6.07) is 18.7. The summed E-state index contributed by atoms with van der Waals surface area (Å²) >= 11 is 1.30. The van der Waals surface area contributed by atoms with Gasteiger partial charge in [-0.1, -0.05) is 11.3 Å². The Bertz CT molecular complexity index is 1580. The van der Waals surface area contributed by atoms with Crippen LogP contribution in [0.3, 0.4) is 0 Å². The number of methoxy groups -OCH3 is 2. The molecule has 3 aromatic carbocycles. The first-order valence-electron chi connectivity index (χ1n) is 12.0. The fourth-order valence-corrected chi connectivity index (χ4v) is 6.55. The first-order valence-corrected chi connectivity index (χ1v) is 14.2. The molecule has 0 spiro atoms. The van der Waals surface area contributed by atoms with Crippen LogP contribution in [0.15, 0.2) is 76.7 Å². The maximum atomic E-state index is 13.7. The number of hydrogen-bond acceptors (Lipinski definition) is 8. The monoisotopic (exact) mass is 550 g/mol. The number of amides is 1. The Morgan fingerprint density at radius 2 is 1.63 bits per heavy atom. The van der Waals surface area contributed by atoms with Gasteiger partial charge in [0, 0.05) is 18.7 Å². The third kappa shape index (κ3) is 5.26. The molecule has 4 aromatic rings. The lowest BCUT2D eigenvalue weighted by molar-refractivity contribution is 0.0987. The molecule has 0 atom stereocenters. The van der Waals surface area contributed by atoms with Crippen LogP contribution in [0.2, 0.25) is 0 Å². The fraction of sp³-hybridized carbons (Fsp3) is 0.222. The van der Waals surface area contributed by atoms with Gasteiger partial charge in [0.15, 0.2) is 0 Å². The van der Waals surface area contributed by atoms with Crippen molar-refractivity contribution >= 4 is 48.8 Å². The number of thiazole rings is 1. The lowest BCUT2D eigenvalue weighted by Gasteiger charge is -2.16. The minimum absolute atomic E-state index is 0.163. The van der Waals surface area contributed by atoms with Gasteiger partial charge in [0.05, 0.1) is 35.5 Å². The van der Waals surface area contributed by atoms with E-state index >= 15 is 0 Å². The largest absolute Gasteiger partial charge is 0.497 e. The summed E-state index contributed by atoms with van der Waals surface area (Å²) in [5, 5.41) is 6.08. The van der Waals surface area contributed by atoms with Crippen LogP contribution in [0.5, 0.6) is 11.5 Å². The average molecular weight is 551 g/mol. The van der Waals surface area contributed by atoms with Gasteiger partial charge in [-0.3, -0.25) is 4.79 Å². The van der Waals surface area contributed by atoms with Gasteiger partial charge in [-0.2, -0.15) is 14.4 Å². The van der Waals surface area contributed by atoms with Crippen molar-refractivity contribution in [1.82, 2.24) is 9.29 Å². The van der Waals surface area contributed by atoms with Gasteiger partial charge in [-0.05, 0) is 85.1 Å². The number of sulfonamides is 1. The molecule has 0 radical (unpaired) electrons. The van der Waals surface area contributed by atoms with Crippen LogP contribution in [0, 0.1) is 0 Å². The molecule has 2 heterocycles. The first-order chi connectivity index (χ1) is 18.4. The summed E-state index contributed by atoms with van der Waals surface area (Å²) in [7, 11) is -0.404. The number of carbonyl (C=O) groups is 1. The highest BCUT2D eigenvalue weighted by atomic mass is 32.2. The summed E-state index contributed by atoms with van der Waals surface area (Å²) in [5.74, 6) is 0.951. The molecule has 1 aliphatic rings. The number of aromatic nitrogens is 1. The van der Waals surface area contributed by atoms with Crippen LogP contribution in [0.1, 0.15) is 28.8 Å². The zero-order valence-corrected chi connectivity index (χ0v) is 22.5. The Hall–Kier alpha value is -3.80. The molecule has 5 rings (SSSR count). The van der Waals surface area contributed by atoms with Gasteiger partial charge >= 0.3 is 0 Å². The molecule has 0 N–H and O–H groups in total. The average Bonchev–Trinajstić information content (AvgIpc) is 3.64. The lowest BCUT2D eigenvalue weighted by atomic mass is 10.2. The molecule has 0 unspecified atom stereocenters. The van der Waals surface area contributed by atoms with E-state index < -0.39 is 15.9 Å². The van der Waals surface area contributed by atoms with E-state index in [9.17, 15) is 13.2 Å². The molecule has 1 saturated heterocycles. The standard InChI is InChI=1S/C27H26N4O5S2/c1-35-21-9-5-19(6-10-21)18-28-31(27-29-24-14-11-22(36-2)17-25(24)37-27)26(32)20-7-12-23(13-8-20)38(33,34)30-15-3-4-16-30/h5-14,17-18H,3-4,15-16H2,1-2H3/b28-18+. The van der Waals surface area contributed by atoms with Gasteiger partial charge in [-0.15, -0.1) is 0 Å². The molecular weight excluding hydrogens is 524 g/mol. The highest BCUT2D eigenvalue weighted by Crippen LogP contribution is 2.32. The lowest BCUT2D eigenvalue weighted by Crippen LogP contribution is -2.28. The number of fused-ring (bicyclic) bond motifs is 1. The molecule has 38 heavy (non-hydrogen) atoms. The van der Waals surface area contributed by atoms with Crippen LogP contribution in [0.25, 0.3) is 10.2 Å². The normalized spacial score (nSPS) is 14.3. The molecule has 0 saturated carbocycles. The Morgan fingerprint density at radius 3 is 2.29 bits per heavy atom. The van der Waals surface area contributed by atoms with Crippen molar-refractivity contribution in [3.8, 4) is 11.5 Å². The van der Waals surface area contributed by atoms with Gasteiger partial charge in [0.25, 0.3) is 5.91 Å². The van der Waals surface area contributed by atoms with Gasteiger partial charge in [0.1, 0.15) is 11.5 Å². The highest BCUT2D eigenvalue weighted by molar-refractivity contribution is 7.89. The predicted molar refractivity (Wildman–Crippen MR) is 148 cm³/mol. The molecule has 1 aromatic heterocycles. The minimum Gasteiger partial charge on any atom is -0.497 e. The second-order valence-corrected chi connectivity index (χ2v) is 11.5. The number of nitrogens with zero attached hydrogens (tertiary/aromatic N) is 4. The fourth-order valence-electron chi connectivity index (χ4n) is 4.08. The van der Waals surface area contributed by atoms with Crippen LogP contribution in [-0.2, 0) is 10.0 Å². The van der Waals surface area contributed by atoms with E-state index in [1.54, 1.807) is 38.6 Å². The van der Waals surface area contributed by atoms with E-state index in [1.165, 1.54) is 44.9 Å². The van der Waals surface area contributed by atoms with Crippen LogP contribution in [-0.4, -0.2) is 57.1 Å². The molecule has 196 valence electrons. The number of anilines is 1. The van der Waals surface area contributed by atoms with E-state index in [0.29, 0.717) is 35.2 Å². The van der Waals surface area contributed by atoms with Crippen molar-refractivity contribution < 1.29 is 22.7 Å². The summed E-state index contributed by atoms with van der Waals surface area (Å²) < 4.78 is 38.6. The van der Waals surface area contributed by atoms with Crippen LogP contribution in [0.4, 0.5) is 5.13 Å². The Morgan fingerprint density at radius 1 is 0.974 bits per heavy atom. The Balaban J connectivity index is 1.48. The SMILES string of the molecule is COc1ccc(/C=N/N(C(=O)c2ccc(S(=O)(=O)N3CCCC3)cc2)c2nc3ccc(OC)cc3s2)cc1. The molecule has 1 fully saturated rings. The molecule has 1 aliphatic heterocycles. The molecule has 11 heteroatoms. The Labute approximate surface area is 225 Å². The van der Waals surface area contributed by atoms with Gasteiger partial charge in [0.2, 0.25) is 15.2 Å². The molecular formula is C27H26N4O5S2. The highest BCUT2D eigenvalue weighted by Gasteiger charge is 2.28. The summed E-state index contributed by atoms with van der Waals surface area (Å²) in [4.78, 5) is 18.4. The maximum Gasteiger partial charge on any atom is 0.280 e. The quantitative estimate of drug-likeness (QED) is 0.231. The number of hydrazone groups is 1. The summed E-state index contributed by atoms with van der Waals surface area (Å²) in [5.41, 5.74) is 1.75. The van der Waals surface area contributed by atoms with E-state index in [0.717, 1.165) is 23.1 Å². The number of rotatable bonds is 8. The van der Waals surface area contributed by atoms with E-state index in [2.05, 4.69) is 10.1 Å². The predicted octanol–water partition coefficient (Wildman–Crippen LogP) is 4.78. The van der Waals surface area contributed by atoms with E-state index in [4.69, 9.17) is 9.47 Å². The maximum absolute atomic E-state index is 13.7. The van der Waals surface area contributed by atoms with Crippen LogP contribution < -0.4 is 14.5 Å². The van der Waals surface area contributed by atoms with Crippen molar-refractivity contribution in [2.75, 3.05) is 32.3 Å². The number of ether oxygens (including phenoxy) is 2. The Kier molecular flexibility index (Phi) is 7.41. The minimum atomic E-state index is -3.58. The second kappa shape index (κ2) is 10.9. The summed E-state index contributed by atoms with van der Waals surface area (Å²) in [6.07, 6.45) is 3.27. The van der Waals surface area contributed by atoms with Gasteiger partial charge in [-0.25, -0.2) is 13.4 Å². The third-order valence-corrected chi connectivity index (χ3v) is 9.11. The molecule has 0 aliphatic carbocycles.